The van der Waals surface area contributed by atoms with Gasteiger partial charge in [-0.2, -0.15) is 10.2 Å². The van der Waals surface area contributed by atoms with Crippen LogP contribution in [0.5, 0.6) is 0 Å². The van der Waals surface area contributed by atoms with Gasteiger partial charge in [0.25, 0.3) is 0 Å². The predicted octanol–water partition coefficient (Wildman–Crippen LogP) is -0.689. The molecule has 4 aliphatic rings. The largest absolute Gasteiger partial charge is 0.369 e. The van der Waals surface area contributed by atoms with Crippen molar-refractivity contribution in [1.82, 2.24) is 0 Å². The Kier molecular flexibility index (Phi) is 3.07. The molecule has 0 aromatic heterocycles. The Bertz CT molecular complexity index is 480. The van der Waals surface area contributed by atoms with E-state index in [1.54, 1.807) is 0 Å². The van der Waals surface area contributed by atoms with Crippen molar-refractivity contribution in [2.75, 3.05) is 0 Å². The number of nitrogens with two attached hydrogens (primary N) is 4. The first kappa shape index (κ1) is 12.9. The molecule has 20 heavy (non-hydrogen) atoms. The van der Waals surface area contributed by atoms with Gasteiger partial charge in [0, 0.05) is 17.8 Å². The van der Waals surface area contributed by atoms with E-state index >= 15 is 0 Å². The van der Waals surface area contributed by atoms with Crippen molar-refractivity contribution in [3.05, 3.63) is 0 Å². The van der Waals surface area contributed by atoms with Gasteiger partial charge < -0.3 is 22.9 Å². The molecule has 4 atom stereocenters. The van der Waals surface area contributed by atoms with Gasteiger partial charge >= 0.3 is 0 Å². The normalized spacial score (nSPS) is 38.2. The fraction of sp³-hybridized carbons (Fsp3) is 0.667. The summed E-state index contributed by atoms with van der Waals surface area (Å²) in [6.45, 7) is 0. The number of nitrogens with zero attached hydrogens (tertiary/aromatic N) is 4. The average molecular weight is 276 g/mol. The fourth-order valence-corrected chi connectivity index (χ4v) is 3.94. The van der Waals surface area contributed by atoms with Crippen LogP contribution < -0.4 is 22.9 Å². The summed E-state index contributed by atoms with van der Waals surface area (Å²) >= 11 is 0. The minimum absolute atomic E-state index is 0.0194. The highest BCUT2D eigenvalue weighted by Gasteiger charge is 2.50. The van der Waals surface area contributed by atoms with E-state index in [0.717, 1.165) is 30.2 Å². The molecule has 0 spiro atoms. The summed E-state index contributed by atoms with van der Waals surface area (Å²) < 4.78 is 0. The lowest BCUT2D eigenvalue weighted by Crippen LogP contribution is -2.51. The van der Waals surface area contributed by atoms with Crippen LogP contribution in [0.25, 0.3) is 0 Å². The molecule has 0 heterocycles. The summed E-state index contributed by atoms with van der Waals surface area (Å²) in [5, 5.41) is 16.2. The summed E-state index contributed by atoms with van der Waals surface area (Å²) in [5.74, 6) is 1.85. The van der Waals surface area contributed by atoms with Gasteiger partial charge in [-0.15, -0.1) is 10.2 Å². The van der Waals surface area contributed by atoms with Crippen LogP contribution in [0.4, 0.5) is 0 Å². The molecule has 2 unspecified atom stereocenters. The van der Waals surface area contributed by atoms with Gasteiger partial charge in [-0.1, -0.05) is 0 Å². The number of rotatable bonds is 2. The Labute approximate surface area is 117 Å². The van der Waals surface area contributed by atoms with Crippen molar-refractivity contribution in [2.24, 2.45) is 67.0 Å². The Balaban J connectivity index is 1.95. The van der Waals surface area contributed by atoms with Crippen molar-refractivity contribution in [1.29, 1.82) is 0 Å². The Hall–Kier alpha value is -2.12. The van der Waals surface area contributed by atoms with E-state index in [-0.39, 0.29) is 17.8 Å². The zero-order valence-corrected chi connectivity index (χ0v) is 11.2. The second-order valence-corrected chi connectivity index (χ2v) is 5.85. The molecule has 0 aromatic rings. The summed E-state index contributed by atoms with van der Waals surface area (Å²) in [6.07, 6.45) is 4.46. The molecule has 4 saturated carbocycles. The van der Waals surface area contributed by atoms with E-state index in [1.165, 1.54) is 12.8 Å². The fourth-order valence-electron chi connectivity index (χ4n) is 3.94. The van der Waals surface area contributed by atoms with Crippen LogP contribution in [0.2, 0.25) is 0 Å². The first-order valence-electron chi connectivity index (χ1n) is 6.87. The highest BCUT2D eigenvalue weighted by Crippen LogP contribution is 2.51. The quantitative estimate of drug-likeness (QED) is 0.299. The second kappa shape index (κ2) is 4.77. The summed E-state index contributed by atoms with van der Waals surface area (Å²) in [4.78, 5) is 0. The zero-order valence-electron chi connectivity index (χ0n) is 11.2. The first-order chi connectivity index (χ1) is 9.54. The van der Waals surface area contributed by atoms with Crippen LogP contribution in [0.15, 0.2) is 20.4 Å². The lowest BCUT2D eigenvalue weighted by atomic mass is 9.54. The van der Waals surface area contributed by atoms with Crippen LogP contribution in [0, 0.1) is 23.7 Å². The lowest BCUT2D eigenvalue weighted by Gasteiger charge is -2.50. The van der Waals surface area contributed by atoms with E-state index in [4.69, 9.17) is 22.9 Å². The average Bonchev–Trinajstić information content (AvgIpc) is 2.36. The monoisotopic (exact) mass is 276 g/mol. The van der Waals surface area contributed by atoms with Gasteiger partial charge in [0.05, 0.1) is 11.4 Å². The second-order valence-electron chi connectivity index (χ2n) is 5.85. The van der Waals surface area contributed by atoms with Crippen molar-refractivity contribution in [3.63, 3.8) is 0 Å². The highest BCUT2D eigenvalue weighted by atomic mass is 15.3. The number of guanidine groups is 2. The van der Waals surface area contributed by atoms with E-state index in [0.29, 0.717) is 11.8 Å². The van der Waals surface area contributed by atoms with Gasteiger partial charge in [0.2, 0.25) is 11.9 Å². The van der Waals surface area contributed by atoms with E-state index in [1.807, 2.05) is 0 Å². The van der Waals surface area contributed by atoms with Crippen LogP contribution in [-0.4, -0.2) is 23.3 Å². The summed E-state index contributed by atoms with van der Waals surface area (Å²) in [7, 11) is 0. The summed E-state index contributed by atoms with van der Waals surface area (Å²) in [5.41, 5.74) is 23.5. The van der Waals surface area contributed by atoms with Gasteiger partial charge in [0.15, 0.2) is 0 Å². The maximum absolute atomic E-state index is 5.36. The Morgan fingerprint density at radius 1 is 0.750 bits per heavy atom. The van der Waals surface area contributed by atoms with E-state index in [2.05, 4.69) is 20.4 Å². The Morgan fingerprint density at radius 2 is 1.25 bits per heavy atom. The molecule has 0 aromatic carbocycles. The lowest BCUT2D eigenvalue weighted by molar-refractivity contribution is 0.199. The van der Waals surface area contributed by atoms with Gasteiger partial charge in [-0.3, -0.25) is 0 Å². The highest BCUT2D eigenvalue weighted by molar-refractivity contribution is 6.12. The maximum atomic E-state index is 5.36. The van der Waals surface area contributed by atoms with Crippen molar-refractivity contribution in [2.45, 2.75) is 25.7 Å². The standard InChI is InChI=1S/C12H20N8/c13-11(14)19-17-9-6-1-5-2-7(4-6)10(8(9)3-5)18-20-12(15)16/h5-8H,1-4H2,(H4,13,14,19)(H4,15,16,20)/b17-9-,18-10+/t5?,6-,7+,8?/m1/s1. The van der Waals surface area contributed by atoms with E-state index in [9.17, 15) is 0 Å². The van der Waals surface area contributed by atoms with Crippen LogP contribution >= 0.6 is 0 Å². The van der Waals surface area contributed by atoms with Crippen molar-refractivity contribution < 1.29 is 0 Å². The third-order valence-electron chi connectivity index (χ3n) is 4.49. The minimum atomic E-state index is -0.0194. The molecule has 8 N–H and O–H groups in total. The number of hydrogen-bond acceptors (Lipinski definition) is 4. The smallest absolute Gasteiger partial charge is 0.211 e. The molecule has 0 aliphatic heterocycles. The molecule has 8 heteroatoms. The van der Waals surface area contributed by atoms with Gasteiger partial charge in [-0.05, 0) is 31.6 Å². The zero-order chi connectivity index (χ0) is 14.3. The molecule has 4 rings (SSSR count). The molecular formula is C12H20N8. The van der Waals surface area contributed by atoms with Gasteiger partial charge in [-0.25, -0.2) is 0 Å². The first-order valence-corrected chi connectivity index (χ1v) is 6.87. The molecule has 0 radical (unpaired) electrons. The molecule has 4 aliphatic carbocycles. The summed E-state index contributed by atoms with van der Waals surface area (Å²) in [6, 6.07) is 0. The maximum Gasteiger partial charge on any atom is 0.211 e. The number of hydrogen-bond donors (Lipinski definition) is 4. The predicted molar refractivity (Wildman–Crippen MR) is 78.9 cm³/mol. The molecular weight excluding hydrogens is 256 g/mol. The topological polar surface area (TPSA) is 154 Å². The van der Waals surface area contributed by atoms with Crippen molar-refractivity contribution in [3.8, 4) is 0 Å². The third kappa shape index (κ3) is 2.21. The molecule has 0 amide bonds. The minimum Gasteiger partial charge on any atom is -0.369 e. The van der Waals surface area contributed by atoms with Crippen LogP contribution in [0.3, 0.4) is 0 Å². The van der Waals surface area contributed by atoms with E-state index < -0.39 is 0 Å². The third-order valence-corrected chi connectivity index (χ3v) is 4.49. The van der Waals surface area contributed by atoms with Crippen molar-refractivity contribution >= 4 is 23.3 Å². The Morgan fingerprint density at radius 3 is 1.70 bits per heavy atom. The molecule has 0 saturated heterocycles. The SMILES string of the molecule is NC(N)=N/N=C1\C2CC3C[C@@H]1C[C@H](C3)/C2=N\N=C(N)N. The molecule has 108 valence electrons. The molecule has 8 nitrogen and oxygen atoms in total. The van der Waals surface area contributed by atoms with Crippen LogP contribution in [-0.2, 0) is 0 Å². The molecule has 4 fully saturated rings. The molecule has 4 bridgehead atoms. The van der Waals surface area contributed by atoms with Crippen LogP contribution in [0.1, 0.15) is 25.7 Å². The van der Waals surface area contributed by atoms with Gasteiger partial charge in [0.1, 0.15) is 0 Å².